The molecule has 0 unspecified atom stereocenters. The van der Waals surface area contributed by atoms with E-state index in [9.17, 15) is 4.79 Å². The first-order valence-electron chi connectivity index (χ1n) is 7.66. The quantitative estimate of drug-likeness (QED) is 0.787. The monoisotopic (exact) mass is 347 g/mol. The third-order valence-corrected chi connectivity index (χ3v) is 3.88. The maximum absolute atomic E-state index is 12.2. The van der Waals surface area contributed by atoms with Gasteiger partial charge in [0, 0.05) is 11.0 Å². The standard InChI is InChI=1S/C17H22ClN5O/c1-5-11-13(14(19)23-16(20)22-11)9-6-7-10(18)12(8-9)21-15(24)17(2,3)4/h6-8H,5H2,1-4H3,(H,21,24)(H4,19,20,22,23). The number of nitrogen functional groups attached to an aromatic ring is 2. The van der Waals surface area contributed by atoms with Crippen LogP contribution in [-0.2, 0) is 11.2 Å². The van der Waals surface area contributed by atoms with E-state index >= 15 is 0 Å². The molecule has 2 rings (SSSR count). The van der Waals surface area contributed by atoms with E-state index in [1.165, 1.54) is 0 Å². The molecule has 0 saturated heterocycles. The number of hydrogen-bond donors (Lipinski definition) is 3. The molecule has 2 aromatic rings. The molecule has 0 radical (unpaired) electrons. The summed E-state index contributed by atoms with van der Waals surface area (Å²) in [6, 6.07) is 5.31. The van der Waals surface area contributed by atoms with Crippen molar-refractivity contribution in [2.75, 3.05) is 16.8 Å². The van der Waals surface area contributed by atoms with E-state index in [0.717, 1.165) is 11.3 Å². The Labute approximate surface area is 146 Å². The number of nitrogens with one attached hydrogen (secondary N) is 1. The molecule has 1 aromatic carbocycles. The molecule has 0 aliphatic rings. The van der Waals surface area contributed by atoms with Crippen LogP contribution >= 0.6 is 11.6 Å². The van der Waals surface area contributed by atoms with Gasteiger partial charge in [-0.15, -0.1) is 0 Å². The molecule has 0 fully saturated rings. The Bertz CT molecular complexity index is 783. The van der Waals surface area contributed by atoms with Crippen molar-refractivity contribution in [2.45, 2.75) is 34.1 Å². The first-order chi connectivity index (χ1) is 11.1. The van der Waals surface area contributed by atoms with Crippen molar-refractivity contribution in [3.8, 4) is 11.1 Å². The van der Waals surface area contributed by atoms with Crippen LogP contribution in [0.25, 0.3) is 11.1 Å². The van der Waals surface area contributed by atoms with Crippen LogP contribution in [0.1, 0.15) is 33.4 Å². The van der Waals surface area contributed by atoms with Crippen LogP contribution in [0.3, 0.4) is 0 Å². The second-order valence-corrected chi connectivity index (χ2v) is 6.95. The third-order valence-electron chi connectivity index (χ3n) is 3.55. The highest BCUT2D eigenvalue weighted by atomic mass is 35.5. The van der Waals surface area contributed by atoms with Crippen LogP contribution in [0, 0.1) is 5.41 Å². The predicted molar refractivity (Wildman–Crippen MR) is 98.8 cm³/mol. The average Bonchev–Trinajstić information content (AvgIpc) is 2.48. The fourth-order valence-electron chi connectivity index (χ4n) is 2.20. The number of anilines is 3. The third kappa shape index (κ3) is 3.76. The minimum atomic E-state index is -0.531. The molecule has 0 atom stereocenters. The van der Waals surface area contributed by atoms with Crippen molar-refractivity contribution in [1.29, 1.82) is 0 Å². The molecule has 128 valence electrons. The maximum Gasteiger partial charge on any atom is 0.229 e. The molecule has 0 aliphatic heterocycles. The van der Waals surface area contributed by atoms with E-state index in [1.54, 1.807) is 12.1 Å². The summed E-state index contributed by atoms with van der Waals surface area (Å²) in [5.41, 5.74) is 13.9. The van der Waals surface area contributed by atoms with Crippen LogP contribution in [0.4, 0.5) is 17.5 Å². The lowest BCUT2D eigenvalue weighted by molar-refractivity contribution is -0.123. The molecule has 1 amide bonds. The minimum Gasteiger partial charge on any atom is -0.383 e. The number of carbonyl (C=O) groups excluding carboxylic acids is 1. The Hall–Kier alpha value is -2.34. The van der Waals surface area contributed by atoms with E-state index in [2.05, 4.69) is 15.3 Å². The number of hydrogen-bond acceptors (Lipinski definition) is 5. The number of rotatable bonds is 3. The van der Waals surface area contributed by atoms with E-state index in [4.69, 9.17) is 23.1 Å². The van der Waals surface area contributed by atoms with Gasteiger partial charge in [-0.05, 0) is 24.1 Å². The van der Waals surface area contributed by atoms with Gasteiger partial charge in [-0.1, -0.05) is 45.4 Å². The summed E-state index contributed by atoms with van der Waals surface area (Å²) in [4.78, 5) is 20.5. The van der Waals surface area contributed by atoms with Gasteiger partial charge in [0.25, 0.3) is 0 Å². The van der Waals surface area contributed by atoms with Gasteiger partial charge < -0.3 is 16.8 Å². The van der Waals surface area contributed by atoms with Gasteiger partial charge in [-0.25, -0.2) is 4.98 Å². The minimum absolute atomic E-state index is 0.126. The first kappa shape index (κ1) is 18.0. The summed E-state index contributed by atoms with van der Waals surface area (Å²) in [7, 11) is 0. The fourth-order valence-corrected chi connectivity index (χ4v) is 2.37. The molecule has 1 aromatic heterocycles. The number of halogens is 1. The fraction of sp³-hybridized carbons (Fsp3) is 0.353. The highest BCUT2D eigenvalue weighted by Gasteiger charge is 2.22. The number of aryl methyl sites for hydroxylation is 1. The number of aromatic nitrogens is 2. The highest BCUT2D eigenvalue weighted by molar-refractivity contribution is 6.33. The Balaban J connectivity index is 2.51. The molecule has 7 heteroatoms. The van der Waals surface area contributed by atoms with Crippen LogP contribution in [0.5, 0.6) is 0 Å². The largest absolute Gasteiger partial charge is 0.383 e. The van der Waals surface area contributed by atoms with Gasteiger partial charge in [0.1, 0.15) is 5.82 Å². The highest BCUT2D eigenvalue weighted by Crippen LogP contribution is 2.34. The molecule has 24 heavy (non-hydrogen) atoms. The molecule has 0 bridgehead atoms. The van der Waals surface area contributed by atoms with Crippen LogP contribution in [0.15, 0.2) is 18.2 Å². The molecule has 1 heterocycles. The molecular formula is C17H22ClN5O. The lowest BCUT2D eigenvalue weighted by atomic mass is 9.95. The van der Waals surface area contributed by atoms with Crippen molar-refractivity contribution in [2.24, 2.45) is 5.41 Å². The van der Waals surface area contributed by atoms with Crippen molar-refractivity contribution in [1.82, 2.24) is 9.97 Å². The molecule has 6 nitrogen and oxygen atoms in total. The van der Waals surface area contributed by atoms with Gasteiger partial charge in [0.15, 0.2) is 0 Å². The first-order valence-corrected chi connectivity index (χ1v) is 8.04. The van der Waals surface area contributed by atoms with Crippen LogP contribution < -0.4 is 16.8 Å². The summed E-state index contributed by atoms with van der Waals surface area (Å²) < 4.78 is 0. The van der Waals surface area contributed by atoms with Gasteiger partial charge in [-0.2, -0.15) is 4.98 Å². The zero-order chi connectivity index (χ0) is 18.1. The van der Waals surface area contributed by atoms with E-state index in [1.807, 2.05) is 33.8 Å². The summed E-state index contributed by atoms with van der Waals surface area (Å²) >= 11 is 6.22. The van der Waals surface area contributed by atoms with E-state index < -0.39 is 5.41 Å². The van der Waals surface area contributed by atoms with E-state index in [0.29, 0.717) is 28.5 Å². The average molecular weight is 348 g/mol. The summed E-state index contributed by atoms with van der Waals surface area (Å²) in [5, 5.41) is 3.30. The number of nitrogens with zero attached hydrogens (tertiary/aromatic N) is 2. The topological polar surface area (TPSA) is 107 Å². The van der Waals surface area contributed by atoms with Gasteiger partial charge in [0.2, 0.25) is 11.9 Å². The van der Waals surface area contributed by atoms with Crippen LogP contribution in [0.2, 0.25) is 5.02 Å². The lowest BCUT2D eigenvalue weighted by Gasteiger charge is -2.19. The van der Waals surface area contributed by atoms with Crippen LogP contribution in [-0.4, -0.2) is 15.9 Å². The Morgan fingerprint density at radius 1 is 1.25 bits per heavy atom. The second kappa shape index (κ2) is 6.65. The molecular weight excluding hydrogens is 326 g/mol. The van der Waals surface area contributed by atoms with Crippen molar-refractivity contribution in [3.63, 3.8) is 0 Å². The summed E-state index contributed by atoms with van der Waals surface area (Å²) in [6.45, 7) is 7.46. The SMILES string of the molecule is CCc1nc(N)nc(N)c1-c1ccc(Cl)c(NC(=O)C(C)(C)C)c1. The number of benzene rings is 1. The Morgan fingerprint density at radius 3 is 2.50 bits per heavy atom. The summed E-state index contributed by atoms with van der Waals surface area (Å²) in [5.74, 6) is 0.317. The zero-order valence-electron chi connectivity index (χ0n) is 14.3. The van der Waals surface area contributed by atoms with Crippen molar-refractivity contribution in [3.05, 3.63) is 28.9 Å². The predicted octanol–water partition coefficient (Wildman–Crippen LogP) is 3.51. The van der Waals surface area contributed by atoms with Crippen molar-refractivity contribution < 1.29 is 4.79 Å². The molecule has 0 spiro atoms. The van der Waals surface area contributed by atoms with E-state index in [-0.39, 0.29) is 11.9 Å². The van der Waals surface area contributed by atoms with Gasteiger partial charge in [-0.3, -0.25) is 4.79 Å². The molecule has 0 aliphatic carbocycles. The Morgan fingerprint density at radius 2 is 1.92 bits per heavy atom. The number of carbonyl (C=O) groups is 1. The maximum atomic E-state index is 12.2. The molecule has 0 saturated carbocycles. The van der Waals surface area contributed by atoms with Gasteiger partial charge in [0.05, 0.1) is 16.4 Å². The Kier molecular flexibility index (Phi) is 4.99. The second-order valence-electron chi connectivity index (χ2n) is 6.54. The van der Waals surface area contributed by atoms with Gasteiger partial charge >= 0.3 is 0 Å². The smallest absolute Gasteiger partial charge is 0.229 e. The number of amides is 1. The zero-order valence-corrected chi connectivity index (χ0v) is 15.0. The molecule has 5 N–H and O–H groups in total. The summed E-state index contributed by atoms with van der Waals surface area (Å²) in [6.07, 6.45) is 0.651. The number of nitrogens with two attached hydrogens (primary N) is 2. The van der Waals surface area contributed by atoms with Crippen molar-refractivity contribution >= 4 is 35.0 Å². The normalized spacial score (nSPS) is 11.4. The lowest BCUT2D eigenvalue weighted by Crippen LogP contribution is -2.27.